The number of nitrogens with zero attached hydrogens (tertiary/aromatic N) is 3. The first kappa shape index (κ1) is 25.6. The zero-order valence-electron chi connectivity index (χ0n) is 20.1. The minimum absolute atomic E-state index is 0.221. The number of halogens is 2. The Kier molecular flexibility index (Phi) is 7.80. The van der Waals surface area contributed by atoms with Gasteiger partial charge in [0.25, 0.3) is 5.56 Å². The summed E-state index contributed by atoms with van der Waals surface area (Å²) in [6.07, 6.45) is 1.69. The van der Waals surface area contributed by atoms with Gasteiger partial charge in [0.05, 0.1) is 38.5 Å². The molecule has 0 saturated heterocycles. The lowest BCUT2D eigenvalue weighted by Gasteiger charge is -2.17. The third-order valence-corrected chi connectivity index (χ3v) is 7.34. The number of fused-ring (bicyclic) bond motifs is 1. The zero-order chi connectivity index (χ0) is 25.3. The molecular formula is C27H25I2N3O3. The molecule has 0 saturated carbocycles. The summed E-state index contributed by atoms with van der Waals surface area (Å²) in [6.45, 7) is 6.22. The normalized spacial score (nSPS) is 11.5. The van der Waals surface area contributed by atoms with Crippen molar-refractivity contribution in [3.8, 4) is 22.9 Å². The summed E-state index contributed by atoms with van der Waals surface area (Å²) in [5.41, 5.74) is 4.11. The van der Waals surface area contributed by atoms with Crippen molar-refractivity contribution in [1.29, 1.82) is 0 Å². The fraction of sp³-hybridized carbons (Fsp3) is 0.222. The van der Waals surface area contributed by atoms with E-state index in [2.05, 4.69) is 70.2 Å². The van der Waals surface area contributed by atoms with E-state index in [0.29, 0.717) is 16.7 Å². The van der Waals surface area contributed by atoms with Crippen LogP contribution in [-0.2, 0) is 0 Å². The molecule has 4 rings (SSSR count). The van der Waals surface area contributed by atoms with E-state index >= 15 is 0 Å². The molecule has 4 aromatic rings. The van der Waals surface area contributed by atoms with Crippen molar-refractivity contribution in [3.05, 3.63) is 82.7 Å². The van der Waals surface area contributed by atoms with Crippen LogP contribution in [0.3, 0.4) is 0 Å². The lowest BCUT2D eigenvalue weighted by molar-refractivity contribution is 0.407. The number of para-hydroxylation sites is 1. The van der Waals surface area contributed by atoms with Crippen molar-refractivity contribution in [2.75, 3.05) is 14.2 Å². The summed E-state index contributed by atoms with van der Waals surface area (Å²) < 4.78 is 14.4. The molecule has 0 N–H and O–H groups in total. The minimum atomic E-state index is -0.221. The summed E-state index contributed by atoms with van der Waals surface area (Å²) in [7, 11) is 3.33. The second-order valence-corrected chi connectivity index (χ2v) is 10.7. The minimum Gasteiger partial charge on any atom is -0.496 e. The Morgan fingerprint density at radius 1 is 1.03 bits per heavy atom. The number of hydrogen-bond acceptors (Lipinski definition) is 5. The Morgan fingerprint density at radius 3 is 2.34 bits per heavy atom. The van der Waals surface area contributed by atoms with Gasteiger partial charge in [0.1, 0.15) is 11.5 Å². The van der Waals surface area contributed by atoms with E-state index in [0.717, 1.165) is 40.9 Å². The van der Waals surface area contributed by atoms with Crippen molar-refractivity contribution < 1.29 is 9.47 Å². The first-order valence-corrected chi connectivity index (χ1v) is 13.2. The van der Waals surface area contributed by atoms with Crippen molar-refractivity contribution in [3.63, 3.8) is 0 Å². The molecule has 1 heterocycles. The van der Waals surface area contributed by atoms with Crippen LogP contribution in [-0.4, -0.2) is 30.1 Å². The molecule has 3 aromatic carbocycles. The van der Waals surface area contributed by atoms with Crippen LogP contribution in [0.25, 0.3) is 22.3 Å². The van der Waals surface area contributed by atoms with Crippen molar-refractivity contribution in [1.82, 2.24) is 9.66 Å². The van der Waals surface area contributed by atoms with Gasteiger partial charge < -0.3 is 9.47 Å². The first-order chi connectivity index (χ1) is 16.7. The summed E-state index contributed by atoms with van der Waals surface area (Å²) in [6, 6.07) is 15.3. The summed E-state index contributed by atoms with van der Waals surface area (Å²) in [5.74, 6) is 2.37. The van der Waals surface area contributed by atoms with Gasteiger partial charge in [0.15, 0.2) is 5.82 Å². The molecule has 8 heteroatoms. The molecule has 35 heavy (non-hydrogen) atoms. The molecule has 0 spiro atoms. The third kappa shape index (κ3) is 5.09. The Morgan fingerprint density at radius 2 is 1.71 bits per heavy atom. The molecule has 0 unspecified atom stereocenters. The van der Waals surface area contributed by atoms with E-state index in [1.54, 1.807) is 26.5 Å². The molecule has 6 nitrogen and oxygen atoms in total. The maximum absolute atomic E-state index is 13.6. The van der Waals surface area contributed by atoms with Crippen LogP contribution in [0.15, 0.2) is 58.4 Å². The molecule has 0 aliphatic heterocycles. The Labute approximate surface area is 231 Å². The molecular weight excluding hydrogens is 668 g/mol. The monoisotopic (exact) mass is 693 g/mol. The molecule has 0 aliphatic carbocycles. The molecule has 0 atom stereocenters. The van der Waals surface area contributed by atoms with Gasteiger partial charge in [0, 0.05) is 5.56 Å². The highest BCUT2D eigenvalue weighted by molar-refractivity contribution is 14.1. The highest BCUT2D eigenvalue weighted by Gasteiger charge is 2.18. The predicted octanol–water partition coefficient (Wildman–Crippen LogP) is 6.60. The van der Waals surface area contributed by atoms with E-state index in [-0.39, 0.29) is 11.5 Å². The fourth-order valence-electron chi connectivity index (χ4n) is 3.95. The van der Waals surface area contributed by atoms with Crippen LogP contribution in [0.1, 0.15) is 36.5 Å². The number of hydrogen-bond donors (Lipinski definition) is 0. The maximum Gasteiger partial charge on any atom is 0.282 e. The lowest BCUT2D eigenvalue weighted by atomic mass is 9.96. The third-order valence-electron chi connectivity index (χ3n) is 5.74. The van der Waals surface area contributed by atoms with Gasteiger partial charge >= 0.3 is 0 Å². The van der Waals surface area contributed by atoms with Crippen molar-refractivity contribution in [2.24, 2.45) is 5.10 Å². The predicted molar refractivity (Wildman–Crippen MR) is 158 cm³/mol. The summed E-state index contributed by atoms with van der Waals surface area (Å²) >= 11 is 4.47. The lowest BCUT2D eigenvalue weighted by Crippen LogP contribution is -2.21. The summed E-state index contributed by atoms with van der Waals surface area (Å²) in [5, 5.41) is 5.15. The highest BCUT2D eigenvalue weighted by atomic mass is 127. The first-order valence-electron chi connectivity index (χ1n) is 11.0. The SMILES string of the molecule is COc1cc(C)c(-c2nc3ccccc3c(=O)n2N=Cc2cc(I)c(OC)c(I)c2)cc1C(C)C. The molecule has 0 fully saturated rings. The van der Waals surface area contributed by atoms with Crippen LogP contribution in [0.4, 0.5) is 0 Å². The zero-order valence-corrected chi connectivity index (χ0v) is 24.4. The average Bonchev–Trinajstić information content (AvgIpc) is 2.83. The standard InChI is InChI=1S/C27H25I2N3O3/c1-15(2)19-13-20(16(3)10-24(19)34-4)26-31-23-9-7-6-8-18(23)27(33)32(26)30-14-17-11-21(28)25(35-5)22(29)12-17/h6-15H,1-5H3. The molecule has 0 radical (unpaired) electrons. The van der Waals surface area contributed by atoms with Gasteiger partial charge in [-0.15, -0.1) is 0 Å². The van der Waals surface area contributed by atoms with E-state index < -0.39 is 0 Å². The number of benzene rings is 3. The van der Waals surface area contributed by atoms with Crippen LogP contribution < -0.4 is 15.0 Å². The Balaban J connectivity index is 1.97. The maximum atomic E-state index is 13.6. The Bertz CT molecular complexity index is 1490. The van der Waals surface area contributed by atoms with Gasteiger partial charge in [-0.25, -0.2) is 4.98 Å². The number of aromatic nitrogens is 2. The van der Waals surface area contributed by atoms with Gasteiger partial charge in [-0.05, 0) is 111 Å². The van der Waals surface area contributed by atoms with E-state index in [1.807, 2.05) is 43.3 Å². The van der Waals surface area contributed by atoms with Crippen molar-refractivity contribution >= 4 is 62.3 Å². The number of ether oxygens (including phenoxy) is 2. The second-order valence-electron chi connectivity index (χ2n) is 8.40. The van der Waals surface area contributed by atoms with E-state index in [1.165, 1.54) is 4.68 Å². The number of methoxy groups -OCH3 is 2. The Hall–Kier alpha value is -2.47. The van der Waals surface area contributed by atoms with E-state index in [4.69, 9.17) is 14.5 Å². The average molecular weight is 693 g/mol. The molecule has 0 aliphatic rings. The second kappa shape index (κ2) is 10.7. The molecule has 0 amide bonds. The highest BCUT2D eigenvalue weighted by Crippen LogP contribution is 2.34. The van der Waals surface area contributed by atoms with Gasteiger partial charge in [-0.3, -0.25) is 4.79 Å². The van der Waals surface area contributed by atoms with E-state index in [9.17, 15) is 4.79 Å². The fourth-order valence-corrected chi connectivity index (χ4v) is 6.20. The molecule has 1 aromatic heterocycles. The largest absolute Gasteiger partial charge is 0.496 e. The van der Waals surface area contributed by atoms with Gasteiger partial charge in [-0.1, -0.05) is 26.0 Å². The van der Waals surface area contributed by atoms with Crippen LogP contribution in [0.5, 0.6) is 11.5 Å². The topological polar surface area (TPSA) is 65.7 Å². The van der Waals surface area contributed by atoms with Crippen molar-refractivity contribution in [2.45, 2.75) is 26.7 Å². The summed E-state index contributed by atoms with van der Waals surface area (Å²) in [4.78, 5) is 18.5. The van der Waals surface area contributed by atoms with Gasteiger partial charge in [-0.2, -0.15) is 9.78 Å². The van der Waals surface area contributed by atoms with Gasteiger partial charge in [0.2, 0.25) is 0 Å². The van der Waals surface area contributed by atoms with Crippen LogP contribution in [0.2, 0.25) is 0 Å². The van der Waals surface area contributed by atoms with Crippen LogP contribution >= 0.6 is 45.2 Å². The number of rotatable bonds is 6. The number of aryl methyl sites for hydroxylation is 1. The van der Waals surface area contributed by atoms with Crippen LogP contribution in [0, 0.1) is 14.1 Å². The quantitative estimate of drug-likeness (QED) is 0.169. The smallest absolute Gasteiger partial charge is 0.282 e. The molecule has 0 bridgehead atoms. The molecule has 180 valence electrons.